The van der Waals surface area contributed by atoms with E-state index in [4.69, 9.17) is 15.1 Å². The normalized spacial score (nSPS) is 10.0. The van der Waals surface area contributed by atoms with Gasteiger partial charge < -0.3 is 9.84 Å². The Labute approximate surface area is 143 Å². The molecule has 24 heavy (non-hydrogen) atoms. The highest BCUT2D eigenvalue weighted by Crippen LogP contribution is 2.30. The van der Waals surface area contributed by atoms with Crippen molar-refractivity contribution in [2.75, 3.05) is 6.61 Å². The Bertz CT molecular complexity index is 794. The molecule has 0 saturated carbocycles. The van der Waals surface area contributed by atoms with Crippen molar-refractivity contribution in [3.8, 4) is 6.07 Å². The smallest absolute Gasteiger partial charge is 0.338 e. The van der Waals surface area contributed by atoms with Gasteiger partial charge in [0.2, 0.25) is 0 Å². The Morgan fingerprint density at radius 2 is 1.83 bits per heavy atom. The third-order valence-electron chi connectivity index (χ3n) is 3.14. The van der Waals surface area contributed by atoms with E-state index in [-0.39, 0.29) is 18.6 Å². The topological polar surface area (TPSA) is 87.4 Å². The van der Waals surface area contributed by atoms with Gasteiger partial charge in [-0.15, -0.1) is 0 Å². The molecule has 0 aliphatic heterocycles. The molecule has 1 N–H and O–H groups in total. The lowest BCUT2D eigenvalue weighted by Crippen LogP contribution is -2.11. The van der Waals surface area contributed by atoms with Crippen LogP contribution in [0.1, 0.15) is 28.4 Å². The van der Waals surface area contributed by atoms with Crippen LogP contribution >= 0.6 is 11.8 Å². The number of hydrogen-bond donors (Lipinski definition) is 1. The number of benzene rings is 2. The van der Waals surface area contributed by atoms with Crippen LogP contribution < -0.4 is 0 Å². The highest BCUT2D eigenvalue weighted by Gasteiger charge is 2.16. The molecule has 0 fully saturated rings. The summed E-state index contributed by atoms with van der Waals surface area (Å²) in [5, 5.41) is 17.8. The van der Waals surface area contributed by atoms with E-state index < -0.39 is 11.9 Å². The average molecular weight is 341 g/mol. The fourth-order valence-corrected chi connectivity index (χ4v) is 2.93. The predicted molar refractivity (Wildman–Crippen MR) is 89.0 cm³/mol. The van der Waals surface area contributed by atoms with Gasteiger partial charge in [-0.3, -0.25) is 4.79 Å². The molecule has 6 heteroatoms. The first-order chi connectivity index (χ1) is 11.5. The summed E-state index contributed by atoms with van der Waals surface area (Å²) in [5.41, 5.74) is 1.26. The quantitative estimate of drug-likeness (QED) is 0.809. The Morgan fingerprint density at radius 1 is 1.17 bits per heavy atom. The molecule has 0 spiro atoms. The van der Waals surface area contributed by atoms with Gasteiger partial charge in [-0.2, -0.15) is 5.26 Å². The van der Waals surface area contributed by atoms with Crippen molar-refractivity contribution in [2.45, 2.75) is 23.1 Å². The standard InChI is InChI=1S/C18H15NO4S/c1-2-23-18(22)16-10-15(8-5-13(16)9-17(20)21)24-14-6-3-12(11-19)4-7-14/h3-8,10H,2,9H2,1H3,(H,20,21). The summed E-state index contributed by atoms with van der Waals surface area (Å²) < 4.78 is 5.01. The molecule has 0 aliphatic rings. The van der Waals surface area contributed by atoms with Crippen LogP contribution in [0.4, 0.5) is 0 Å². The van der Waals surface area contributed by atoms with Crippen LogP contribution in [0.15, 0.2) is 52.3 Å². The van der Waals surface area contributed by atoms with E-state index in [9.17, 15) is 9.59 Å². The summed E-state index contributed by atoms with van der Waals surface area (Å²) in [6, 6.07) is 14.2. The van der Waals surface area contributed by atoms with E-state index >= 15 is 0 Å². The minimum Gasteiger partial charge on any atom is -0.481 e. The molecule has 0 atom stereocenters. The summed E-state index contributed by atoms with van der Waals surface area (Å²) in [6.45, 7) is 1.92. The first-order valence-corrected chi connectivity index (χ1v) is 8.05. The molecule has 2 rings (SSSR count). The minimum absolute atomic E-state index is 0.221. The highest BCUT2D eigenvalue weighted by molar-refractivity contribution is 7.99. The Morgan fingerprint density at radius 3 is 2.42 bits per heavy atom. The van der Waals surface area contributed by atoms with Gasteiger partial charge in [-0.05, 0) is 48.9 Å². The molecule has 0 radical (unpaired) electrons. The van der Waals surface area contributed by atoms with Crippen LogP contribution in [-0.2, 0) is 16.0 Å². The molecule has 0 aromatic heterocycles. The van der Waals surface area contributed by atoms with E-state index in [1.807, 2.05) is 12.1 Å². The van der Waals surface area contributed by atoms with Crippen LogP contribution in [0.2, 0.25) is 0 Å². The van der Waals surface area contributed by atoms with Gasteiger partial charge in [-0.1, -0.05) is 17.8 Å². The van der Waals surface area contributed by atoms with Gasteiger partial charge >= 0.3 is 11.9 Å². The first kappa shape index (κ1) is 17.6. The van der Waals surface area contributed by atoms with Crippen LogP contribution in [0.25, 0.3) is 0 Å². The number of esters is 1. The predicted octanol–water partition coefficient (Wildman–Crippen LogP) is 3.51. The van der Waals surface area contributed by atoms with Crippen molar-refractivity contribution >= 4 is 23.7 Å². The van der Waals surface area contributed by atoms with Crippen molar-refractivity contribution in [3.05, 3.63) is 59.2 Å². The molecule has 2 aromatic carbocycles. The van der Waals surface area contributed by atoms with Gasteiger partial charge in [0.1, 0.15) is 0 Å². The van der Waals surface area contributed by atoms with Gasteiger partial charge in [0, 0.05) is 9.79 Å². The van der Waals surface area contributed by atoms with Gasteiger partial charge in [0.25, 0.3) is 0 Å². The Balaban J connectivity index is 2.30. The van der Waals surface area contributed by atoms with Gasteiger partial charge in [0.05, 0.1) is 30.2 Å². The maximum absolute atomic E-state index is 12.1. The second-order valence-corrected chi connectivity index (χ2v) is 6.00. The summed E-state index contributed by atoms with van der Waals surface area (Å²) in [6.07, 6.45) is -0.240. The molecule has 0 saturated heterocycles. The second-order valence-electron chi connectivity index (χ2n) is 4.85. The van der Waals surface area contributed by atoms with E-state index in [0.29, 0.717) is 11.1 Å². The average Bonchev–Trinajstić information content (AvgIpc) is 2.56. The second kappa shape index (κ2) is 8.18. The largest absolute Gasteiger partial charge is 0.481 e. The lowest BCUT2D eigenvalue weighted by molar-refractivity contribution is -0.136. The minimum atomic E-state index is -1.01. The molecule has 5 nitrogen and oxygen atoms in total. The maximum atomic E-state index is 12.1. The van der Waals surface area contributed by atoms with Crippen LogP contribution in [-0.4, -0.2) is 23.7 Å². The third-order valence-corrected chi connectivity index (χ3v) is 4.13. The number of carboxylic acids is 1. The molecule has 0 bridgehead atoms. The molecule has 2 aromatic rings. The van der Waals surface area contributed by atoms with E-state index in [1.54, 1.807) is 37.3 Å². The molecule has 0 aliphatic carbocycles. The summed E-state index contributed by atoms with van der Waals surface area (Å²) in [5.74, 6) is -1.54. The monoisotopic (exact) mass is 341 g/mol. The lowest BCUT2D eigenvalue weighted by atomic mass is 10.0. The summed E-state index contributed by atoms with van der Waals surface area (Å²) in [4.78, 5) is 24.7. The van der Waals surface area contributed by atoms with Gasteiger partial charge in [-0.25, -0.2) is 4.79 Å². The van der Waals surface area contributed by atoms with Crippen LogP contribution in [0.5, 0.6) is 0 Å². The van der Waals surface area contributed by atoms with Crippen molar-refractivity contribution in [2.24, 2.45) is 0 Å². The van der Waals surface area contributed by atoms with Crippen molar-refractivity contribution in [1.82, 2.24) is 0 Å². The molecular weight excluding hydrogens is 326 g/mol. The number of nitriles is 1. The number of carbonyl (C=O) groups is 2. The van der Waals surface area contributed by atoms with Crippen LogP contribution in [0, 0.1) is 11.3 Å². The van der Waals surface area contributed by atoms with E-state index in [2.05, 4.69) is 6.07 Å². The zero-order valence-electron chi connectivity index (χ0n) is 13.0. The number of carboxylic acid groups (broad SMARTS) is 1. The molecule has 0 heterocycles. The van der Waals surface area contributed by atoms with Crippen molar-refractivity contribution in [3.63, 3.8) is 0 Å². The molecule has 122 valence electrons. The maximum Gasteiger partial charge on any atom is 0.338 e. The van der Waals surface area contributed by atoms with Crippen molar-refractivity contribution in [1.29, 1.82) is 5.26 Å². The van der Waals surface area contributed by atoms with Crippen molar-refractivity contribution < 1.29 is 19.4 Å². The fraction of sp³-hybridized carbons (Fsp3) is 0.167. The summed E-state index contributed by atoms with van der Waals surface area (Å²) in [7, 11) is 0. The number of rotatable bonds is 6. The van der Waals surface area contributed by atoms with Crippen LogP contribution in [0.3, 0.4) is 0 Å². The highest BCUT2D eigenvalue weighted by atomic mass is 32.2. The number of hydrogen-bond acceptors (Lipinski definition) is 5. The third kappa shape index (κ3) is 4.61. The lowest BCUT2D eigenvalue weighted by Gasteiger charge is -2.10. The number of aliphatic carboxylic acids is 1. The van der Waals surface area contributed by atoms with Gasteiger partial charge in [0.15, 0.2) is 0 Å². The first-order valence-electron chi connectivity index (χ1n) is 7.23. The van der Waals surface area contributed by atoms with E-state index in [0.717, 1.165) is 9.79 Å². The number of nitrogens with zero attached hydrogens (tertiary/aromatic N) is 1. The summed E-state index contributed by atoms with van der Waals surface area (Å²) >= 11 is 1.42. The zero-order valence-corrected chi connectivity index (χ0v) is 13.8. The molecule has 0 amide bonds. The Kier molecular flexibility index (Phi) is 5.99. The Hall–Kier alpha value is -2.78. The number of carbonyl (C=O) groups excluding carboxylic acids is 1. The zero-order chi connectivity index (χ0) is 17.5. The van der Waals surface area contributed by atoms with E-state index in [1.165, 1.54) is 11.8 Å². The SMILES string of the molecule is CCOC(=O)c1cc(Sc2ccc(C#N)cc2)ccc1CC(=O)O. The fourth-order valence-electron chi connectivity index (χ4n) is 2.07. The molecule has 0 unspecified atom stereocenters. The molecular formula is C18H15NO4S. The number of ether oxygens (including phenoxy) is 1.